The molecule has 2 heterocycles. The van der Waals surface area contributed by atoms with E-state index in [0.717, 1.165) is 25.2 Å². The number of halogens is 1. The number of nitrogens with zero attached hydrogens (tertiary/aromatic N) is 1. The van der Waals surface area contributed by atoms with Gasteiger partial charge < -0.3 is 10.3 Å². The number of benzene rings is 1. The van der Waals surface area contributed by atoms with Crippen molar-refractivity contribution in [2.45, 2.75) is 12.3 Å². The Morgan fingerprint density at radius 2 is 2.18 bits per heavy atom. The van der Waals surface area contributed by atoms with Crippen LogP contribution in [0.4, 0.5) is 4.39 Å². The normalized spacial score (nSPS) is 19.7. The summed E-state index contributed by atoms with van der Waals surface area (Å²) in [6.45, 7) is 2.01. The molecule has 17 heavy (non-hydrogen) atoms. The summed E-state index contributed by atoms with van der Waals surface area (Å²) in [5.74, 6) is 0.853. The first-order chi connectivity index (χ1) is 8.34. The van der Waals surface area contributed by atoms with Gasteiger partial charge in [-0.3, -0.25) is 0 Å². The first-order valence-corrected chi connectivity index (χ1v) is 5.85. The van der Waals surface area contributed by atoms with Crippen LogP contribution in [0.3, 0.4) is 0 Å². The highest BCUT2D eigenvalue weighted by Gasteiger charge is 2.19. The molecule has 88 valence electrons. The van der Waals surface area contributed by atoms with Crippen LogP contribution in [-0.4, -0.2) is 23.1 Å². The van der Waals surface area contributed by atoms with E-state index in [0.29, 0.717) is 17.3 Å². The molecular weight excluding hydrogens is 217 g/mol. The molecule has 1 aromatic carbocycles. The molecule has 1 fully saturated rings. The molecule has 0 spiro atoms. The minimum Gasteiger partial charge on any atom is -0.341 e. The maximum absolute atomic E-state index is 13.6. The minimum absolute atomic E-state index is 0.238. The third kappa shape index (κ3) is 1.96. The van der Waals surface area contributed by atoms with Crippen LogP contribution in [0.5, 0.6) is 0 Å². The monoisotopic (exact) mass is 231 g/mol. The van der Waals surface area contributed by atoms with E-state index in [1.807, 2.05) is 12.3 Å². The van der Waals surface area contributed by atoms with Gasteiger partial charge in [0, 0.05) is 24.4 Å². The second kappa shape index (κ2) is 4.30. The molecular formula is C13H14FN3. The zero-order chi connectivity index (χ0) is 11.7. The molecule has 0 bridgehead atoms. The van der Waals surface area contributed by atoms with Crippen molar-refractivity contribution in [3.63, 3.8) is 0 Å². The maximum Gasteiger partial charge on any atom is 0.140 e. The highest BCUT2D eigenvalue weighted by atomic mass is 19.1. The predicted molar refractivity (Wildman–Crippen MR) is 64.2 cm³/mol. The molecule has 0 amide bonds. The predicted octanol–water partition coefficient (Wildman–Crippen LogP) is 2.29. The van der Waals surface area contributed by atoms with Crippen LogP contribution < -0.4 is 5.32 Å². The summed E-state index contributed by atoms with van der Waals surface area (Å²) in [5, 5.41) is 3.31. The molecule has 3 rings (SSSR count). The van der Waals surface area contributed by atoms with Gasteiger partial charge in [-0.05, 0) is 25.1 Å². The van der Waals surface area contributed by atoms with E-state index in [1.165, 1.54) is 6.07 Å². The summed E-state index contributed by atoms with van der Waals surface area (Å²) in [5.41, 5.74) is 1.62. The summed E-state index contributed by atoms with van der Waals surface area (Å²) < 4.78 is 13.6. The second-order valence-electron chi connectivity index (χ2n) is 4.36. The van der Waals surface area contributed by atoms with Gasteiger partial charge in [-0.15, -0.1) is 0 Å². The number of aromatic nitrogens is 2. The summed E-state index contributed by atoms with van der Waals surface area (Å²) in [6, 6.07) is 6.70. The summed E-state index contributed by atoms with van der Waals surface area (Å²) in [6.07, 6.45) is 2.93. The molecule has 0 saturated carbocycles. The lowest BCUT2D eigenvalue weighted by molar-refractivity contribution is 0.630. The number of rotatable bonds is 2. The highest BCUT2D eigenvalue weighted by molar-refractivity contribution is 5.56. The van der Waals surface area contributed by atoms with Crippen LogP contribution in [0.15, 0.2) is 30.5 Å². The summed E-state index contributed by atoms with van der Waals surface area (Å²) in [4.78, 5) is 7.49. The average Bonchev–Trinajstić information content (AvgIpc) is 3.00. The Kier molecular flexibility index (Phi) is 2.65. The second-order valence-corrected chi connectivity index (χ2v) is 4.36. The molecule has 1 aliphatic heterocycles. The lowest BCUT2D eigenvalue weighted by atomic mass is 10.1. The number of aromatic amines is 1. The first kappa shape index (κ1) is 10.5. The molecule has 1 saturated heterocycles. The van der Waals surface area contributed by atoms with Gasteiger partial charge in [0.05, 0.1) is 5.56 Å². The molecule has 0 radical (unpaired) electrons. The number of hydrogen-bond acceptors (Lipinski definition) is 2. The zero-order valence-corrected chi connectivity index (χ0v) is 9.41. The lowest BCUT2D eigenvalue weighted by Gasteiger charge is -2.04. The molecule has 2 aromatic rings. The van der Waals surface area contributed by atoms with Crippen molar-refractivity contribution in [2.75, 3.05) is 13.1 Å². The Hall–Kier alpha value is -1.68. The molecule has 3 nitrogen and oxygen atoms in total. The van der Waals surface area contributed by atoms with E-state index in [9.17, 15) is 4.39 Å². The molecule has 0 aliphatic carbocycles. The Morgan fingerprint density at radius 3 is 2.94 bits per heavy atom. The van der Waals surface area contributed by atoms with E-state index in [1.54, 1.807) is 12.1 Å². The van der Waals surface area contributed by atoms with Crippen LogP contribution in [0, 0.1) is 5.82 Å². The van der Waals surface area contributed by atoms with E-state index >= 15 is 0 Å². The standard InChI is InChI=1S/C13H14FN3/c14-11-4-2-1-3-10(11)13-16-8-12(17-13)9-5-6-15-7-9/h1-4,8-9,15H,5-7H2,(H,16,17). The summed E-state index contributed by atoms with van der Waals surface area (Å²) in [7, 11) is 0. The van der Waals surface area contributed by atoms with Crippen molar-refractivity contribution in [1.29, 1.82) is 0 Å². The summed E-state index contributed by atoms with van der Waals surface area (Å²) >= 11 is 0. The van der Waals surface area contributed by atoms with Crippen molar-refractivity contribution in [2.24, 2.45) is 0 Å². The van der Waals surface area contributed by atoms with Gasteiger partial charge in [-0.1, -0.05) is 12.1 Å². The highest BCUT2D eigenvalue weighted by Crippen LogP contribution is 2.24. The number of imidazole rings is 1. The SMILES string of the molecule is Fc1ccccc1-c1ncc(C2CCNC2)[nH]1. The third-order valence-electron chi connectivity index (χ3n) is 3.22. The Bertz CT molecular complexity index is 515. The van der Waals surface area contributed by atoms with Crippen LogP contribution in [-0.2, 0) is 0 Å². The Balaban J connectivity index is 1.92. The quantitative estimate of drug-likeness (QED) is 0.832. The molecule has 1 unspecified atom stereocenters. The fourth-order valence-electron chi connectivity index (χ4n) is 2.25. The third-order valence-corrected chi connectivity index (χ3v) is 3.22. The molecule has 1 aliphatic rings. The van der Waals surface area contributed by atoms with E-state index in [4.69, 9.17) is 0 Å². The zero-order valence-electron chi connectivity index (χ0n) is 9.41. The van der Waals surface area contributed by atoms with Crippen LogP contribution in [0.2, 0.25) is 0 Å². The maximum atomic E-state index is 13.6. The van der Waals surface area contributed by atoms with E-state index < -0.39 is 0 Å². The molecule has 2 N–H and O–H groups in total. The van der Waals surface area contributed by atoms with Crippen molar-refractivity contribution in [3.05, 3.63) is 42.0 Å². The van der Waals surface area contributed by atoms with E-state index in [-0.39, 0.29) is 5.82 Å². The van der Waals surface area contributed by atoms with Crippen LogP contribution >= 0.6 is 0 Å². The Morgan fingerprint density at radius 1 is 1.29 bits per heavy atom. The lowest BCUT2D eigenvalue weighted by Crippen LogP contribution is -2.08. The van der Waals surface area contributed by atoms with Gasteiger partial charge in [-0.25, -0.2) is 9.37 Å². The van der Waals surface area contributed by atoms with Gasteiger partial charge in [-0.2, -0.15) is 0 Å². The molecule has 1 atom stereocenters. The van der Waals surface area contributed by atoms with Crippen molar-refractivity contribution < 1.29 is 4.39 Å². The van der Waals surface area contributed by atoms with Gasteiger partial charge in [0.25, 0.3) is 0 Å². The number of H-pyrrole nitrogens is 1. The van der Waals surface area contributed by atoms with Crippen LogP contribution in [0.1, 0.15) is 18.0 Å². The number of nitrogens with one attached hydrogen (secondary N) is 2. The fourth-order valence-corrected chi connectivity index (χ4v) is 2.25. The largest absolute Gasteiger partial charge is 0.341 e. The van der Waals surface area contributed by atoms with Gasteiger partial charge >= 0.3 is 0 Å². The van der Waals surface area contributed by atoms with Gasteiger partial charge in [0.1, 0.15) is 11.6 Å². The molecule has 4 heteroatoms. The topological polar surface area (TPSA) is 40.7 Å². The van der Waals surface area contributed by atoms with Crippen molar-refractivity contribution >= 4 is 0 Å². The Labute approximate surface area is 99.1 Å². The number of hydrogen-bond donors (Lipinski definition) is 2. The van der Waals surface area contributed by atoms with Crippen molar-refractivity contribution in [1.82, 2.24) is 15.3 Å². The van der Waals surface area contributed by atoms with E-state index in [2.05, 4.69) is 15.3 Å². The molecule has 1 aromatic heterocycles. The van der Waals surface area contributed by atoms with Crippen LogP contribution in [0.25, 0.3) is 11.4 Å². The minimum atomic E-state index is -0.238. The van der Waals surface area contributed by atoms with Gasteiger partial charge in [0.15, 0.2) is 0 Å². The van der Waals surface area contributed by atoms with Crippen molar-refractivity contribution in [3.8, 4) is 11.4 Å². The smallest absolute Gasteiger partial charge is 0.140 e. The first-order valence-electron chi connectivity index (χ1n) is 5.85. The average molecular weight is 231 g/mol. The van der Waals surface area contributed by atoms with Gasteiger partial charge in [0.2, 0.25) is 0 Å². The fraction of sp³-hybridized carbons (Fsp3) is 0.308.